The largest absolute Gasteiger partial charge is 0.361 e. The zero-order valence-electron chi connectivity index (χ0n) is 20.5. The second-order valence-corrected chi connectivity index (χ2v) is 9.51. The average molecular weight is 443 g/mol. The highest BCUT2D eigenvalue weighted by atomic mass is 16.5. The molecule has 5 nitrogen and oxygen atoms in total. The van der Waals surface area contributed by atoms with Gasteiger partial charge in [-0.3, -0.25) is 9.98 Å². The molecule has 1 N–H and O–H groups in total. The van der Waals surface area contributed by atoms with E-state index in [1.807, 2.05) is 4.57 Å². The van der Waals surface area contributed by atoms with Gasteiger partial charge in [-0.05, 0) is 44.5 Å². The molecule has 0 radical (unpaired) electrons. The van der Waals surface area contributed by atoms with Crippen LogP contribution in [0.2, 0.25) is 0 Å². The Labute approximate surface area is 195 Å². The van der Waals surface area contributed by atoms with Crippen LogP contribution >= 0.6 is 0 Å². The Morgan fingerprint density at radius 1 is 0.750 bits per heavy atom. The van der Waals surface area contributed by atoms with Gasteiger partial charge in [-0.2, -0.15) is 0 Å². The van der Waals surface area contributed by atoms with E-state index in [1.165, 1.54) is 90.1 Å². The molecule has 2 aromatic rings. The molecular formula is C27H46N4O. The first-order chi connectivity index (χ1) is 15.8. The van der Waals surface area contributed by atoms with E-state index in [-0.39, 0.29) is 0 Å². The molecule has 32 heavy (non-hydrogen) atoms. The average Bonchev–Trinajstić information content (AvgIpc) is 3.09. The maximum atomic E-state index is 8.77. The van der Waals surface area contributed by atoms with Crippen molar-refractivity contribution in [1.82, 2.24) is 14.0 Å². The summed E-state index contributed by atoms with van der Waals surface area (Å²) in [5.41, 5.74) is 2.82. The summed E-state index contributed by atoms with van der Waals surface area (Å²) in [4.78, 5) is 2.55. The molecule has 0 amide bonds. The van der Waals surface area contributed by atoms with Crippen LogP contribution in [0, 0.1) is 5.41 Å². The monoisotopic (exact) mass is 442 g/mol. The summed E-state index contributed by atoms with van der Waals surface area (Å²) in [5, 5.41) is 8.77. The van der Waals surface area contributed by atoms with Crippen LogP contribution in [0.1, 0.15) is 90.4 Å². The van der Waals surface area contributed by atoms with E-state index in [4.69, 9.17) is 10.1 Å². The minimum Gasteiger partial charge on any atom is -0.361 e. The molecule has 0 spiro atoms. The first kappa shape index (κ1) is 25.0. The normalized spacial score (nSPS) is 15.0. The molecule has 0 bridgehead atoms. The number of imidazole rings is 1. The van der Waals surface area contributed by atoms with Crippen LogP contribution in [0.25, 0.3) is 11.0 Å². The van der Waals surface area contributed by atoms with Crippen molar-refractivity contribution in [3.63, 3.8) is 0 Å². The van der Waals surface area contributed by atoms with Gasteiger partial charge < -0.3 is 14.2 Å². The molecule has 180 valence electrons. The Bertz CT molecular complexity index is 819. The van der Waals surface area contributed by atoms with Gasteiger partial charge >= 0.3 is 0 Å². The van der Waals surface area contributed by atoms with Crippen molar-refractivity contribution in [3.05, 3.63) is 29.9 Å². The van der Waals surface area contributed by atoms with Gasteiger partial charge in [0.2, 0.25) is 5.62 Å². The quantitative estimate of drug-likeness (QED) is 0.310. The van der Waals surface area contributed by atoms with Gasteiger partial charge in [-0.25, -0.2) is 0 Å². The predicted molar refractivity (Wildman–Crippen MR) is 134 cm³/mol. The summed E-state index contributed by atoms with van der Waals surface area (Å²) >= 11 is 0. The van der Waals surface area contributed by atoms with Crippen LogP contribution in [0.3, 0.4) is 0 Å². The molecule has 1 aliphatic rings. The highest BCUT2D eigenvalue weighted by molar-refractivity contribution is 5.75. The SMILES string of the molecule is CCCCCCCCCCCCOCn1c(=N)n(CCN2CCCCC2)c2ccccc21. The highest BCUT2D eigenvalue weighted by Crippen LogP contribution is 2.15. The number of hydrogen-bond donors (Lipinski definition) is 1. The Balaban J connectivity index is 1.39. The molecular weight excluding hydrogens is 396 g/mol. The lowest BCUT2D eigenvalue weighted by Gasteiger charge is -2.26. The molecule has 1 fully saturated rings. The van der Waals surface area contributed by atoms with E-state index in [0.29, 0.717) is 12.3 Å². The minimum absolute atomic E-state index is 0.480. The number of piperidine rings is 1. The summed E-state index contributed by atoms with van der Waals surface area (Å²) < 4.78 is 10.2. The van der Waals surface area contributed by atoms with Gasteiger partial charge in [0.25, 0.3) is 0 Å². The van der Waals surface area contributed by atoms with Gasteiger partial charge in [0.1, 0.15) is 6.73 Å². The minimum atomic E-state index is 0.480. The third kappa shape index (κ3) is 7.77. The summed E-state index contributed by atoms with van der Waals surface area (Å²) in [5.74, 6) is 0. The third-order valence-corrected chi connectivity index (χ3v) is 6.93. The summed E-state index contributed by atoms with van der Waals surface area (Å²) in [6.45, 7) is 7.86. The summed E-state index contributed by atoms with van der Waals surface area (Å²) in [6, 6.07) is 8.40. The Kier molecular flexibility index (Phi) is 11.4. The lowest BCUT2D eigenvalue weighted by Crippen LogP contribution is -2.35. The van der Waals surface area contributed by atoms with Crippen molar-refractivity contribution in [1.29, 1.82) is 5.41 Å². The molecule has 0 saturated carbocycles. The van der Waals surface area contributed by atoms with Gasteiger partial charge in [0, 0.05) is 19.7 Å². The summed E-state index contributed by atoms with van der Waals surface area (Å²) in [6.07, 6.45) is 17.4. The van der Waals surface area contributed by atoms with Crippen molar-refractivity contribution < 1.29 is 4.74 Å². The zero-order chi connectivity index (χ0) is 22.4. The molecule has 1 saturated heterocycles. The first-order valence-corrected chi connectivity index (χ1v) is 13.3. The number of aromatic nitrogens is 2. The van der Waals surface area contributed by atoms with Crippen molar-refractivity contribution in [2.45, 2.75) is 104 Å². The second kappa shape index (κ2) is 14.5. The number of nitrogens with zero attached hydrogens (tertiary/aromatic N) is 3. The molecule has 3 rings (SSSR count). The Hall–Kier alpha value is -1.59. The van der Waals surface area contributed by atoms with Gasteiger partial charge in [0.05, 0.1) is 11.0 Å². The highest BCUT2D eigenvalue weighted by Gasteiger charge is 2.13. The third-order valence-electron chi connectivity index (χ3n) is 6.93. The fraction of sp³-hybridized carbons (Fsp3) is 0.741. The lowest BCUT2D eigenvalue weighted by molar-refractivity contribution is 0.0728. The van der Waals surface area contributed by atoms with Crippen molar-refractivity contribution >= 4 is 11.0 Å². The molecule has 0 atom stereocenters. The number of ether oxygens (including phenoxy) is 1. The van der Waals surface area contributed by atoms with Crippen molar-refractivity contribution in [3.8, 4) is 0 Å². The zero-order valence-corrected chi connectivity index (χ0v) is 20.5. The number of benzene rings is 1. The van der Waals surface area contributed by atoms with E-state index < -0.39 is 0 Å². The maximum absolute atomic E-state index is 8.77. The lowest BCUT2D eigenvalue weighted by atomic mass is 10.1. The van der Waals surface area contributed by atoms with Crippen LogP contribution in [0.4, 0.5) is 0 Å². The molecule has 0 aliphatic carbocycles. The fourth-order valence-corrected chi connectivity index (χ4v) is 4.92. The molecule has 5 heteroatoms. The van der Waals surface area contributed by atoms with E-state index in [9.17, 15) is 0 Å². The number of unbranched alkanes of at least 4 members (excludes halogenated alkanes) is 9. The number of rotatable bonds is 16. The second-order valence-electron chi connectivity index (χ2n) is 9.51. The van der Waals surface area contributed by atoms with Crippen LogP contribution < -0.4 is 5.62 Å². The fourth-order valence-electron chi connectivity index (χ4n) is 4.92. The van der Waals surface area contributed by atoms with Gasteiger partial charge in [0.15, 0.2) is 0 Å². The molecule has 1 aromatic carbocycles. The Morgan fingerprint density at radius 3 is 2.00 bits per heavy atom. The van der Waals surface area contributed by atoms with E-state index in [0.717, 1.165) is 37.2 Å². The van der Waals surface area contributed by atoms with Crippen LogP contribution in [0.15, 0.2) is 24.3 Å². The Morgan fingerprint density at radius 2 is 1.34 bits per heavy atom. The first-order valence-electron chi connectivity index (χ1n) is 13.3. The topological polar surface area (TPSA) is 46.2 Å². The van der Waals surface area contributed by atoms with Gasteiger partial charge in [-0.15, -0.1) is 0 Å². The van der Waals surface area contributed by atoms with Crippen LogP contribution in [0.5, 0.6) is 0 Å². The van der Waals surface area contributed by atoms with Crippen LogP contribution in [-0.2, 0) is 18.0 Å². The molecule has 2 heterocycles. The molecule has 1 aliphatic heterocycles. The number of para-hydroxylation sites is 2. The number of nitrogens with one attached hydrogen (secondary N) is 1. The standard InChI is InChI=1S/C27H46N4O/c1-2-3-4-5-6-7-8-9-10-16-23-32-24-31-26-18-13-12-17-25(26)30(27(31)28)22-21-29-19-14-11-15-20-29/h12-13,17-18,28H,2-11,14-16,19-24H2,1H3. The summed E-state index contributed by atoms with van der Waals surface area (Å²) in [7, 11) is 0. The number of fused-ring (bicyclic) bond motifs is 1. The molecule has 0 unspecified atom stereocenters. The maximum Gasteiger partial charge on any atom is 0.204 e. The van der Waals surface area contributed by atoms with Crippen LogP contribution in [-0.4, -0.2) is 40.3 Å². The van der Waals surface area contributed by atoms with E-state index >= 15 is 0 Å². The number of likely N-dealkylation sites (tertiary alicyclic amines) is 1. The van der Waals surface area contributed by atoms with Crippen molar-refractivity contribution in [2.24, 2.45) is 0 Å². The smallest absolute Gasteiger partial charge is 0.204 e. The number of hydrogen-bond acceptors (Lipinski definition) is 3. The molecule has 1 aromatic heterocycles. The predicted octanol–water partition coefficient (Wildman–Crippen LogP) is 6.30. The van der Waals surface area contributed by atoms with Gasteiger partial charge in [-0.1, -0.05) is 83.3 Å². The van der Waals surface area contributed by atoms with Crippen molar-refractivity contribution in [2.75, 3.05) is 26.2 Å². The van der Waals surface area contributed by atoms with E-state index in [2.05, 4.69) is 40.7 Å². The van der Waals surface area contributed by atoms with E-state index in [1.54, 1.807) is 0 Å².